The summed E-state index contributed by atoms with van der Waals surface area (Å²) in [5.41, 5.74) is 2.33. The lowest BCUT2D eigenvalue weighted by molar-refractivity contribution is -0.145. The van der Waals surface area contributed by atoms with Gasteiger partial charge < -0.3 is 10.0 Å². The lowest BCUT2D eigenvalue weighted by Gasteiger charge is -2.29. The average molecular weight is 290 g/mol. The minimum atomic E-state index is -0.908. The third-order valence-corrected chi connectivity index (χ3v) is 4.61. The smallest absolute Gasteiger partial charge is 0.328 e. The summed E-state index contributed by atoms with van der Waals surface area (Å²) in [5.74, 6) is -0.758. The maximum atomic E-state index is 11.9. The van der Waals surface area contributed by atoms with Crippen molar-refractivity contribution in [3.63, 3.8) is 0 Å². The molecule has 0 fully saturated rings. The van der Waals surface area contributed by atoms with Crippen LogP contribution in [0.3, 0.4) is 0 Å². The highest BCUT2D eigenvalue weighted by Gasteiger charge is 2.45. The van der Waals surface area contributed by atoms with Gasteiger partial charge in [-0.2, -0.15) is 0 Å². The molecule has 0 heterocycles. The number of carbonyl (C=O) groups is 1. The molecule has 0 aliphatic heterocycles. The van der Waals surface area contributed by atoms with Gasteiger partial charge in [-0.3, -0.25) is 5.32 Å². The summed E-state index contributed by atoms with van der Waals surface area (Å²) in [6.07, 6.45) is 1.47. The van der Waals surface area contributed by atoms with Crippen LogP contribution in [-0.4, -0.2) is 42.2 Å². The minimum Gasteiger partial charge on any atom is -0.480 e. The Bertz CT molecular complexity index is 512. The van der Waals surface area contributed by atoms with Crippen LogP contribution in [-0.2, 0) is 16.8 Å². The molecule has 21 heavy (non-hydrogen) atoms. The largest absolute Gasteiger partial charge is 0.480 e. The van der Waals surface area contributed by atoms with Gasteiger partial charge in [-0.25, -0.2) is 4.79 Å². The first kappa shape index (κ1) is 16.0. The van der Waals surface area contributed by atoms with Gasteiger partial charge in [0.25, 0.3) is 0 Å². The van der Waals surface area contributed by atoms with E-state index >= 15 is 0 Å². The first-order valence-electron chi connectivity index (χ1n) is 7.84. The summed E-state index contributed by atoms with van der Waals surface area (Å²) < 4.78 is 0. The molecule has 2 N–H and O–H groups in total. The molecule has 2 rings (SSSR count). The molecule has 1 atom stereocenters. The summed E-state index contributed by atoms with van der Waals surface area (Å²) in [7, 11) is 0. The van der Waals surface area contributed by atoms with E-state index < -0.39 is 11.5 Å². The molecule has 0 aromatic heterocycles. The Morgan fingerprint density at radius 3 is 2.71 bits per heavy atom. The van der Waals surface area contributed by atoms with Crippen LogP contribution in [0, 0.1) is 6.92 Å². The van der Waals surface area contributed by atoms with E-state index in [-0.39, 0.29) is 0 Å². The van der Waals surface area contributed by atoms with E-state index in [1.807, 2.05) is 13.0 Å². The number of carboxylic acid groups (broad SMARTS) is 1. The van der Waals surface area contributed by atoms with Crippen LogP contribution in [0.15, 0.2) is 18.2 Å². The molecule has 1 aliphatic rings. The van der Waals surface area contributed by atoms with Crippen LogP contribution >= 0.6 is 0 Å². The van der Waals surface area contributed by atoms with Crippen molar-refractivity contribution in [2.24, 2.45) is 0 Å². The molecule has 4 heteroatoms. The number of rotatable bonds is 7. The van der Waals surface area contributed by atoms with Crippen molar-refractivity contribution in [1.29, 1.82) is 0 Å². The SMILES string of the molecule is CCN(CC)CCNC1(C(=O)O)CCc2ccc(C)cc21. The summed E-state index contributed by atoms with van der Waals surface area (Å²) in [6, 6.07) is 6.16. The molecule has 0 spiro atoms. The molecule has 116 valence electrons. The number of likely N-dealkylation sites (N-methyl/N-ethyl adjacent to an activating group) is 1. The highest BCUT2D eigenvalue weighted by molar-refractivity contribution is 5.82. The molecule has 1 aromatic carbocycles. The topological polar surface area (TPSA) is 52.6 Å². The predicted octanol–water partition coefficient (Wildman–Crippen LogP) is 2.15. The fourth-order valence-electron chi connectivity index (χ4n) is 3.21. The number of carboxylic acids is 1. The van der Waals surface area contributed by atoms with Crippen LogP contribution in [0.5, 0.6) is 0 Å². The Balaban J connectivity index is 2.17. The second-order valence-electron chi connectivity index (χ2n) is 5.82. The van der Waals surface area contributed by atoms with Crippen LogP contribution < -0.4 is 5.32 Å². The van der Waals surface area contributed by atoms with E-state index in [0.29, 0.717) is 13.0 Å². The zero-order chi connectivity index (χ0) is 15.5. The lowest BCUT2D eigenvalue weighted by atomic mass is 9.90. The van der Waals surface area contributed by atoms with Gasteiger partial charge in [-0.15, -0.1) is 0 Å². The number of aliphatic carboxylic acids is 1. The predicted molar refractivity (Wildman–Crippen MR) is 84.6 cm³/mol. The van der Waals surface area contributed by atoms with Crippen molar-refractivity contribution in [2.45, 2.75) is 39.2 Å². The number of nitrogens with one attached hydrogen (secondary N) is 1. The number of fused-ring (bicyclic) bond motifs is 1. The van der Waals surface area contributed by atoms with Gasteiger partial charge in [0.2, 0.25) is 0 Å². The number of nitrogens with zero attached hydrogens (tertiary/aromatic N) is 1. The van der Waals surface area contributed by atoms with Crippen molar-refractivity contribution in [1.82, 2.24) is 10.2 Å². The van der Waals surface area contributed by atoms with Crippen LogP contribution in [0.1, 0.15) is 37.0 Å². The van der Waals surface area contributed by atoms with Crippen molar-refractivity contribution in [2.75, 3.05) is 26.2 Å². The second kappa shape index (κ2) is 6.58. The Morgan fingerprint density at radius 2 is 2.10 bits per heavy atom. The van der Waals surface area contributed by atoms with Gasteiger partial charge in [0.15, 0.2) is 0 Å². The minimum absolute atomic E-state index is 0.638. The molecule has 0 radical (unpaired) electrons. The summed E-state index contributed by atoms with van der Waals surface area (Å²) >= 11 is 0. The molecule has 1 aromatic rings. The van der Waals surface area contributed by atoms with Crippen molar-refractivity contribution < 1.29 is 9.90 Å². The van der Waals surface area contributed by atoms with E-state index in [1.54, 1.807) is 0 Å². The van der Waals surface area contributed by atoms with E-state index in [2.05, 4.69) is 36.2 Å². The summed E-state index contributed by atoms with van der Waals surface area (Å²) in [5, 5.41) is 13.1. The lowest BCUT2D eigenvalue weighted by Crippen LogP contribution is -2.50. The number of benzene rings is 1. The highest BCUT2D eigenvalue weighted by atomic mass is 16.4. The Hall–Kier alpha value is -1.39. The summed E-state index contributed by atoms with van der Waals surface area (Å²) in [6.45, 7) is 9.84. The van der Waals surface area contributed by atoms with Gasteiger partial charge in [-0.05, 0) is 44.0 Å². The van der Waals surface area contributed by atoms with E-state index in [1.165, 1.54) is 5.56 Å². The number of hydrogen-bond donors (Lipinski definition) is 2. The summed E-state index contributed by atoms with van der Waals surface area (Å²) in [4.78, 5) is 14.2. The van der Waals surface area contributed by atoms with Crippen molar-refractivity contribution >= 4 is 5.97 Å². The highest BCUT2D eigenvalue weighted by Crippen LogP contribution is 2.37. The maximum Gasteiger partial charge on any atom is 0.328 e. The first-order chi connectivity index (χ1) is 10.0. The van der Waals surface area contributed by atoms with Gasteiger partial charge >= 0.3 is 5.97 Å². The molecular formula is C17H26N2O2. The molecule has 4 nitrogen and oxygen atoms in total. The third-order valence-electron chi connectivity index (χ3n) is 4.61. The second-order valence-corrected chi connectivity index (χ2v) is 5.82. The zero-order valence-corrected chi connectivity index (χ0v) is 13.3. The van der Waals surface area contributed by atoms with Gasteiger partial charge in [0.1, 0.15) is 5.54 Å². The van der Waals surface area contributed by atoms with E-state index in [9.17, 15) is 9.90 Å². The molecule has 0 saturated heterocycles. The van der Waals surface area contributed by atoms with Crippen LogP contribution in [0.4, 0.5) is 0 Å². The van der Waals surface area contributed by atoms with E-state index in [4.69, 9.17) is 0 Å². The Labute approximate surface area is 127 Å². The number of aryl methyl sites for hydroxylation is 2. The molecule has 0 saturated carbocycles. The maximum absolute atomic E-state index is 11.9. The molecule has 1 unspecified atom stereocenters. The Morgan fingerprint density at radius 1 is 1.38 bits per heavy atom. The monoisotopic (exact) mass is 290 g/mol. The fourth-order valence-corrected chi connectivity index (χ4v) is 3.21. The van der Waals surface area contributed by atoms with Gasteiger partial charge in [0.05, 0.1) is 0 Å². The molecular weight excluding hydrogens is 264 g/mol. The number of hydrogen-bond acceptors (Lipinski definition) is 3. The normalized spacial score (nSPS) is 20.8. The standard InChI is InChI=1S/C17H26N2O2/c1-4-19(5-2)11-10-18-17(16(20)21)9-8-14-7-6-13(3)12-15(14)17/h6-7,12,18H,4-5,8-11H2,1-3H3,(H,20,21). The van der Waals surface area contributed by atoms with Gasteiger partial charge in [0, 0.05) is 13.1 Å². The fraction of sp³-hybridized carbons (Fsp3) is 0.588. The molecule has 0 bridgehead atoms. The van der Waals surface area contributed by atoms with Crippen molar-refractivity contribution in [3.05, 3.63) is 34.9 Å². The molecule has 1 aliphatic carbocycles. The quantitative estimate of drug-likeness (QED) is 0.808. The van der Waals surface area contributed by atoms with E-state index in [0.717, 1.165) is 37.2 Å². The van der Waals surface area contributed by atoms with Crippen molar-refractivity contribution in [3.8, 4) is 0 Å². The first-order valence-corrected chi connectivity index (χ1v) is 7.84. The molecule has 0 amide bonds. The van der Waals surface area contributed by atoms with Crippen LogP contribution in [0.25, 0.3) is 0 Å². The van der Waals surface area contributed by atoms with Gasteiger partial charge in [-0.1, -0.05) is 37.6 Å². The Kier molecular flexibility index (Phi) is 5.01. The third kappa shape index (κ3) is 3.11. The average Bonchev–Trinajstić information content (AvgIpc) is 2.83. The van der Waals surface area contributed by atoms with Crippen LogP contribution in [0.2, 0.25) is 0 Å². The zero-order valence-electron chi connectivity index (χ0n) is 13.3.